The zero-order valence-corrected chi connectivity index (χ0v) is 11.3. The molecule has 4 heteroatoms. The van der Waals surface area contributed by atoms with Crippen molar-refractivity contribution in [3.8, 4) is 0 Å². The maximum absolute atomic E-state index is 13.0. The summed E-state index contributed by atoms with van der Waals surface area (Å²) in [6.07, 6.45) is 0. The van der Waals surface area contributed by atoms with Crippen LogP contribution in [0.1, 0.15) is 11.1 Å². The van der Waals surface area contributed by atoms with Gasteiger partial charge < -0.3 is 10.6 Å². The average molecular weight is 272 g/mol. The van der Waals surface area contributed by atoms with Gasteiger partial charge in [-0.2, -0.15) is 0 Å². The third-order valence-corrected chi connectivity index (χ3v) is 2.81. The minimum atomic E-state index is -0.365. The first-order valence-electron chi connectivity index (χ1n) is 6.45. The quantitative estimate of drug-likeness (QED) is 0.878. The van der Waals surface area contributed by atoms with E-state index in [1.807, 2.05) is 25.1 Å². The number of hydrogen-bond donors (Lipinski definition) is 2. The van der Waals surface area contributed by atoms with E-state index in [0.29, 0.717) is 12.2 Å². The van der Waals surface area contributed by atoms with Gasteiger partial charge in [0.25, 0.3) is 0 Å². The third kappa shape index (κ3) is 4.48. The molecule has 20 heavy (non-hydrogen) atoms. The summed E-state index contributed by atoms with van der Waals surface area (Å²) in [7, 11) is 0. The van der Waals surface area contributed by atoms with E-state index in [1.54, 1.807) is 12.1 Å². The number of hydrogen-bond acceptors (Lipinski definition) is 2. The molecule has 2 aromatic carbocycles. The van der Waals surface area contributed by atoms with Gasteiger partial charge in [0, 0.05) is 12.2 Å². The van der Waals surface area contributed by atoms with E-state index >= 15 is 0 Å². The highest BCUT2D eigenvalue weighted by Gasteiger charge is 2.02. The fourth-order valence-corrected chi connectivity index (χ4v) is 1.91. The predicted molar refractivity (Wildman–Crippen MR) is 77.9 cm³/mol. The van der Waals surface area contributed by atoms with Gasteiger partial charge in [-0.3, -0.25) is 4.79 Å². The largest absolute Gasteiger partial charge is 0.325 e. The Morgan fingerprint density at radius 1 is 1.15 bits per heavy atom. The van der Waals surface area contributed by atoms with Crippen LogP contribution in [0.4, 0.5) is 10.1 Å². The van der Waals surface area contributed by atoms with Crippen LogP contribution in [0.3, 0.4) is 0 Å². The first-order valence-corrected chi connectivity index (χ1v) is 6.45. The summed E-state index contributed by atoms with van der Waals surface area (Å²) >= 11 is 0. The SMILES string of the molecule is Cc1cccc(CNCC(=O)Nc2cccc(F)c2)c1. The van der Waals surface area contributed by atoms with Crippen molar-refractivity contribution in [3.05, 3.63) is 65.5 Å². The predicted octanol–water partition coefficient (Wildman–Crippen LogP) is 2.86. The third-order valence-electron chi connectivity index (χ3n) is 2.81. The Labute approximate surface area is 117 Å². The van der Waals surface area contributed by atoms with Gasteiger partial charge in [0.05, 0.1) is 6.54 Å². The Morgan fingerprint density at radius 3 is 2.70 bits per heavy atom. The Balaban J connectivity index is 1.78. The molecular formula is C16H17FN2O. The van der Waals surface area contributed by atoms with Gasteiger partial charge in [0.2, 0.25) is 5.91 Å². The molecule has 0 heterocycles. The summed E-state index contributed by atoms with van der Waals surface area (Å²) in [5.74, 6) is -0.557. The molecule has 0 bridgehead atoms. The highest BCUT2D eigenvalue weighted by Crippen LogP contribution is 2.08. The summed E-state index contributed by atoms with van der Waals surface area (Å²) < 4.78 is 13.0. The number of halogens is 1. The van der Waals surface area contributed by atoms with E-state index in [4.69, 9.17) is 0 Å². The maximum Gasteiger partial charge on any atom is 0.238 e. The van der Waals surface area contributed by atoms with Crippen LogP contribution in [0.25, 0.3) is 0 Å². The van der Waals surface area contributed by atoms with Crippen molar-refractivity contribution in [2.45, 2.75) is 13.5 Å². The van der Waals surface area contributed by atoms with Crippen LogP contribution in [0, 0.1) is 12.7 Å². The average Bonchev–Trinajstić information content (AvgIpc) is 2.38. The molecule has 3 nitrogen and oxygen atoms in total. The van der Waals surface area contributed by atoms with E-state index < -0.39 is 0 Å². The van der Waals surface area contributed by atoms with Gasteiger partial charge in [-0.25, -0.2) is 4.39 Å². The molecule has 0 radical (unpaired) electrons. The summed E-state index contributed by atoms with van der Waals surface area (Å²) in [6.45, 7) is 2.84. The highest BCUT2D eigenvalue weighted by molar-refractivity contribution is 5.92. The number of aryl methyl sites for hydroxylation is 1. The Bertz CT molecular complexity index is 599. The number of amides is 1. The molecule has 2 rings (SSSR count). The lowest BCUT2D eigenvalue weighted by atomic mass is 10.1. The first kappa shape index (κ1) is 14.2. The van der Waals surface area contributed by atoms with Crippen LogP contribution in [0.2, 0.25) is 0 Å². The Hall–Kier alpha value is -2.20. The Kier molecular flexibility index (Phi) is 4.85. The van der Waals surface area contributed by atoms with Gasteiger partial charge in [-0.05, 0) is 30.7 Å². The molecule has 104 valence electrons. The monoisotopic (exact) mass is 272 g/mol. The van der Waals surface area contributed by atoms with Crippen LogP contribution in [0.15, 0.2) is 48.5 Å². The van der Waals surface area contributed by atoms with E-state index in [0.717, 1.165) is 5.56 Å². The van der Waals surface area contributed by atoms with Crippen molar-refractivity contribution in [2.75, 3.05) is 11.9 Å². The number of anilines is 1. The Morgan fingerprint density at radius 2 is 1.95 bits per heavy atom. The fraction of sp³-hybridized carbons (Fsp3) is 0.188. The van der Waals surface area contributed by atoms with Gasteiger partial charge >= 0.3 is 0 Å². The summed E-state index contributed by atoms with van der Waals surface area (Å²) in [5, 5.41) is 5.70. The van der Waals surface area contributed by atoms with Crippen molar-refractivity contribution in [2.24, 2.45) is 0 Å². The van der Waals surface area contributed by atoms with Crippen molar-refractivity contribution < 1.29 is 9.18 Å². The second-order valence-corrected chi connectivity index (χ2v) is 4.65. The van der Waals surface area contributed by atoms with E-state index in [9.17, 15) is 9.18 Å². The van der Waals surface area contributed by atoms with Crippen LogP contribution in [-0.4, -0.2) is 12.5 Å². The van der Waals surface area contributed by atoms with Gasteiger partial charge in [0.1, 0.15) is 5.82 Å². The molecule has 0 aliphatic carbocycles. The number of carbonyl (C=O) groups excluding carboxylic acids is 1. The number of rotatable bonds is 5. The molecule has 0 fully saturated rings. The lowest BCUT2D eigenvalue weighted by Crippen LogP contribution is -2.27. The molecule has 0 aliphatic heterocycles. The van der Waals surface area contributed by atoms with Crippen LogP contribution >= 0.6 is 0 Å². The molecule has 0 saturated carbocycles. The molecule has 0 unspecified atom stereocenters. The summed E-state index contributed by atoms with van der Waals surface area (Å²) in [6, 6.07) is 13.9. The minimum absolute atomic E-state index is 0.185. The van der Waals surface area contributed by atoms with Crippen molar-refractivity contribution >= 4 is 11.6 Å². The molecule has 0 aromatic heterocycles. The molecule has 0 spiro atoms. The van der Waals surface area contributed by atoms with Crippen LogP contribution < -0.4 is 10.6 Å². The second-order valence-electron chi connectivity index (χ2n) is 4.65. The van der Waals surface area contributed by atoms with Crippen molar-refractivity contribution in [1.82, 2.24) is 5.32 Å². The normalized spacial score (nSPS) is 10.3. The van der Waals surface area contributed by atoms with E-state index in [-0.39, 0.29) is 18.3 Å². The number of benzene rings is 2. The molecule has 1 amide bonds. The van der Waals surface area contributed by atoms with E-state index in [2.05, 4.69) is 16.7 Å². The number of carbonyl (C=O) groups is 1. The topological polar surface area (TPSA) is 41.1 Å². The fourth-order valence-electron chi connectivity index (χ4n) is 1.91. The second kappa shape index (κ2) is 6.82. The smallest absolute Gasteiger partial charge is 0.238 e. The molecular weight excluding hydrogens is 255 g/mol. The summed E-state index contributed by atoms with van der Waals surface area (Å²) in [4.78, 5) is 11.7. The summed E-state index contributed by atoms with van der Waals surface area (Å²) in [5.41, 5.74) is 2.78. The molecule has 0 saturated heterocycles. The zero-order valence-electron chi connectivity index (χ0n) is 11.3. The van der Waals surface area contributed by atoms with Gasteiger partial charge in [-0.1, -0.05) is 35.9 Å². The molecule has 0 atom stereocenters. The zero-order chi connectivity index (χ0) is 14.4. The maximum atomic E-state index is 13.0. The molecule has 2 N–H and O–H groups in total. The van der Waals surface area contributed by atoms with Crippen molar-refractivity contribution in [1.29, 1.82) is 0 Å². The van der Waals surface area contributed by atoms with Crippen molar-refractivity contribution in [3.63, 3.8) is 0 Å². The molecule has 2 aromatic rings. The lowest BCUT2D eigenvalue weighted by molar-refractivity contribution is -0.115. The van der Waals surface area contributed by atoms with E-state index in [1.165, 1.54) is 17.7 Å². The molecule has 0 aliphatic rings. The minimum Gasteiger partial charge on any atom is -0.325 e. The highest BCUT2D eigenvalue weighted by atomic mass is 19.1. The van der Waals surface area contributed by atoms with Crippen LogP contribution in [0.5, 0.6) is 0 Å². The van der Waals surface area contributed by atoms with Gasteiger partial charge in [-0.15, -0.1) is 0 Å². The van der Waals surface area contributed by atoms with Crippen LogP contribution in [-0.2, 0) is 11.3 Å². The number of nitrogens with one attached hydrogen (secondary N) is 2. The standard InChI is InChI=1S/C16H17FN2O/c1-12-4-2-5-13(8-12)10-18-11-16(20)19-15-7-3-6-14(17)9-15/h2-9,18H,10-11H2,1H3,(H,19,20). The lowest BCUT2D eigenvalue weighted by Gasteiger charge is -2.07. The van der Waals surface area contributed by atoms with Gasteiger partial charge in [0.15, 0.2) is 0 Å². The first-order chi connectivity index (χ1) is 9.63.